The summed E-state index contributed by atoms with van der Waals surface area (Å²) >= 11 is 0. The first-order valence-electron chi connectivity index (χ1n) is 6.62. The normalized spacial score (nSPS) is 10.9. The van der Waals surface area contributed by atoms with Gasteiger partial charge in [-0.1, -0.05) is 20.3 Å². The van der Waals surface area contributed by atoms with Crippen LogP contribution in [0.3, 0.4) is 0 Å². The van der Waals surface area contributed by atoms with Crippen molar-refractivity contribution in [3.8, 4) is 0 Å². The van der Waals surface area contributed by atoms with Crippen LogP contribution in [0.25, 0.3) is 0 Å². The summed E-state index contributed by atoms with van der Waals surface area (Å²) in [5.74, 6) is 0.773. The molecule has 0 spiro atoms. The molecular weight excluding hydrogens is 276 g/mol. The number of hydrogen-bond donors (Lipinski definition) is 3. The van der Waals surface area contributed by atoms with Gasteiger partial charge in [-0.25, -0.2) is 11.6 Å². The first-order chi connectivity index (χ1) is 8.53. The minimum Gasteiger partial charge on any atom is -0.397 e. The molecule has 0 bridgehead atoms. The molecule has 0 heterocycles. The molecule has 0 radical (unpaired) electrons. The van der Waals surface area contributed by atoms with Crippen LogP contribution in [0.2, 0.25) is 0 Å². The van der Waals surface area contributed by atoms with Gasteiger partial charge < -0.3 is 15.3 Å². The fourth-order valence-electron chi connectivity index (χ4n) is 1.03. The summed E-state index contributed by atoms with van der Waals surface area (Å²) in [4.78, 5) is 0. The second-order valence-electron chi connectivity index (χ2n) is 3.86. The molecule has 3 nitrogen and oxygen atoms in total. The summed E-state index contributed by atoms with van der Waals surface area (Å²) in [5, 5.41) is 22.7. The Labute approximate surface area is 134 Å². The van der Waals surface area contributed by atoms with E-state index >= 15 is 0 Å². The summed E-state index contributed by atoms with van der Waals surface area (Å²) in [7, 11) is 0. The topological polar surface area (TPSA) is 60.7 Å². The summed E-state index contributed by atoms with van der Waals surface area (Å²) < 4.78 is 0. The molecule has 0 aromatic heterocycles. The third-order valence-electron chi connectivity index (χ3n) is 1.39. The zero-order valence-electron chi connectivity index (χ0n) is 13.1. The minimum atomic E-state index is 0. The van der Waals surface area contributed by atoms with Crippen molar-refractivity contribution < 1.29 is 37.0 Å². The predicted molar refractivity (Wildman–Crippen MR) is 78.2 cm³/mol. The first-order valence-corrected chi connectivity index (χ1v) is 6.62. The maximum absolute atomic E-state index is 7.57. The Hall–Kier alpha value is 0.0743. The molecule has 0 saturated carbocycles. The van der Waals surface area contributed by atoms with E-state index in [-0.39, 0.29) is 41.5 Å². The zero-order valence-corrected chi connectivity index (χ0v) is 14.7. The van der Waals surface area contributed by atoms with Gasteiger partial charge in [0.25, 0.3) is 0 Å². The van der Waals surface area contributed by atoms with Crippen molar-refractivity contribution in [1.82, 2.24) is 0 Å². The van der Waals surface area contributed by atoms with E-state index in [1.54, 1.807) is 20.8 Å². The van der Waals surface area contributed by atoms with E-state index in [0.29, 0.717) is 0 Å². The number of rotatable bonds is 2. The SMILES string of the molecule is CC(C)CC1=[C-]CC=C1.CCO.CCO.CCO.[Ti]. The van der Waals surface area contributed by atoms with E-state index < -0.39 is 0 Å². The van der Waals surface area contributed by atoms with Crippen molar-refractivity contribution in [3.05, 3.63) is 23.8 Å². The molecule has 0 amide bonds. The van der Waals surface area contributed by atoms with Crippen LogP contribution in [0.4, 0.5) is 0 Å². The van der Waals surface area contributed by atoms with Crippen molar-refractivity contribution in [2.45, 2.75) is 47.5 Å². The molecule has 0 aromatic carbocycles. The van der Waals surface area contributed by atoms with E-state index in [4.69, 9.17) is 15.3 Å². The molecule has 0 aliphatic heterocycles. The first kappa shape index (κ1) is 27.4. The van der Waals surface area contributed by atoms with Crippen LogP contribution >= 0.6 is 0 Å². The van der Waals surface area contributed by atoms with Gasteiger partial charge in [-0.3, -0.25) is 6.08 Å². The Balaban J connectivity index is -0.0000000956. The molecule has 1 aliphatic carbocycles. The van der Waals surface area contributed by atoms with Gasteiger partial charge >= 0.3 is 0 Å². The van der Waals surface area contributed by atoms with Gasteiger partial charge in [0.15, 0.2) is 0 Å². The third-order valence-corrected chi connectivity index (χ3v) is 1.39. The Morgan fingerprint density at radius 3 is 1.63 bits per heavy atom. The average molecular weight is 307 g/mol. The van der Waals surface area contributed by atoms with Gasteiger partial charge in [0, 0.05) is 41.5 Å². The Bertz CT molecular complexity index is 185. The fraction of sp³-hybridized carbons (Fsp3) is 0.733. The smallest absolute Gasteiger partial charge is 0.0402 e. The monoisotopic (exact) mass is 307 g/mol. The summed E-state index contributed by atoms with van der Waals surface area (Å²) in [6.07, 6.45) is 9.86. The number of allylic oxidation sites excluding steroid dienone is 4. The summed E-state index contributed by atoms with van der Waals surface area (Å²) in [6, 6.07) is 0. The van der Waals surface area contributed by atoms with E-state index in [9.17, 15) is 0 Å². The maximum Gasteiger partial charge on any atom is 0.0402 e. The van der Waals surface area contributed by atoms with E-state index in [2.05, 4.69) is 32.1 Å². The number of aliphatic hydroxyl groups excluding tert-OH is 3. The van der Waals surface area contributed by atoms with Crippen LogP contribution in [0, 0.1) is 12.0 Å². The molecule has 0 fully saturated rings. The molecular formula is C15H31O3Ti-. The predicted octanol–water partition coefficient (Wildman–Crippen LogP) is 2.72. The quantitative estimate of drug-likeness (QED) is 0.543. The molecule has 3 N–H and O–H groups in total. The third kappa shape index (κ3) is 38.1. The van der Waals surface area contributed by atoms with E-state index in [0.717, 1.165) is 12.3 Å². The minimum absolute atomic E-state index is 0. The Morgan fingerprint density at radius 2 is 1.42 bits per heavy atom. The molecule has 114 valence electrons. The fourth-order valence-corrected chi connectivity index (χ4v) is 1.03. The molecule has 0 aromatic rings. The van der Waals surface area contributed by atoms with Crippen LogP contribution in [-0.2, 0) is 21.7 Å². The molecule has 0 saturated heterocycles. The summed E-state index contributed by atoms with van der Waals surface area (Å²) in [5.41, 5.74) is 1.39. The maximum atomic E-state index is 7.57. The number of aliphatic hydroxyl groups is 3. The Morgan fingerprint density at radius 1 is 1.05 bits per heavy atom. The zero-order chi connectivity index (χ0) is 14.8. The van der Waals surface area contributed by atoms with Crippen molar-refractivity contribution in [1.29, 1.82) is 0 Å². The van der Waals surface area contributed by atoms with Crippen molar-refractivity contribution in [2.75, 3.05) is 19.8 Å². The van der Waals surface area contributed by atoms with Gasteiger partial charge in [-0.05, 0) is 26.7 Å². The van der Waals surface area contributed by atoms with Crippen LogP contribution in [-0.4, -0.2) is 35.1 Å². The standard InChI is InChI=1S/C9H13.3C2H6O.Ti/c1-8(2)7-9-5-3-4-6-9;3*1-2-3;/h3,5,8H,4,7H2,1-2H3;3*3H,2H2,1H3;/q-1;;;;. The molecule has 1 aliphatic rings. The van der Waals surface area contributed by atoms with Crippen LogP contribution in [0.15, 0.2) is 17.7 Å². The van der Waals surface area contributed by atoms with Crippen LogP contribution < -0.4 is 0 Å². The second kappa shape index (κ2) is 26.6. The second-order valence-corrected chi connectivity index (χ2v) is 3.86. The van der Waals surface area contributed by atoms with Crippen LogP contribution in [0.1, 0.15) is 47.5 Å². The molecule has 1 rings (SSSR count). The molecule has 0 unspecified atom stereocenters. The largest absolute Gasteiger partial charge is 0.397 e. The van der Waals surface area contributed by atoms with Crippen molar-refractivity contribution in [3.63, 3.8) is 0 Å². The van der Waals surface area contributed by atoms with Crippen molar-refractivity contribution in [2.24, 2.45) is 5.92 Å². The van der Waals surface area contributed by atoms with Gasteiger partial charge in [0.05, 0.1) is 0 Å². The Kier molecular flexibility index (Phi) is 38.4. The molecule has 19 heavy (non-hydrogen) atoms. The average Bonchev–Trinajstić information content (AvgIpc) is 2.73. The van der Waals surface area contributed by atoms with Gasteiger partial charge in [-0.15, -0.1) is 6.42 Å². The van der Waals surface area contributed by atoms with E-state index in [1.807, 2.05) is 0 Å². The van der Waals surface area contributed by atoms with Gasteiger partial charge in [0.1, 0.15) is 0 Å². The molecule has 4 heteroatoms. The van der Waals surface area contributed by atoms with E-state index in [1.165, 1.54) is 12.0 Å². The summed E-state index contributed by atoms with van der Waals surface area (Å²) in [6.45, 7) is 10.3. The number of hydrogen-bond acceptors (Lipinski definition) is 3. The van der Waals surface area contributed by atoms with Crippen molar-refractivity contribution >= 4 is 0 Å². The van der Waals surface area contributed by atoms with Gasteiger partial charge in [0.2, 0.25) is 0 Å². The van der Waals surface area contributed by atoms with Crippen LogP contribution in [0.5, 0.6) is 0 Å². The molecule has 0 atom stereocenters. The van der Waals surface area contributed by atoms with Gasteiger partial charge in [-0.2, -0.15) is 6.08 Å².